The Hall–Kier alpha value is -2.03. The van der Waals surface area contributed by atoms with E-state index >= 15 is 0 Å². The number of aryl methyl sites for hydroxylation is 1. The fourth-order valence-corrected chi connectivity index (χ4v) is 1.28. The van der Waals surface area contributed by atoms with Gasteiger partial charge in [-0.1, -0.05) is 19.9 Å². The Morgan fingerprint density at radius 2 is 1.50 bits per heavy atom. The first kappa shape index (κ1) is 14.0. The quantitative estimate of drug-likeness (QED) is 0.811. The normalized spacial score (nSPS) is 9.11. The molecule has 3 nitrogen and oxygen atoms in total. The molecule has 0 radical (unpaired) electrons. The molecule has 2 rings (SSSR count). The van der Waals surface area contributed by atoms with Gasteiger partial charge >= 0.3 is 0 Å². The summed E-state index contributed by atoms with van der Waals surface area (Å²) in [5, 5.41) is 0. The lowest BCUT2D eigenvalue weighted by atomic mass is 10.3. The molecule has 2 aromatic rings. The van der Waals surface area contributed by atoms with Gasteiger partial charge in [0, 0.05) is 12.3 Å². The Kier molecular flexibility index (Phi) is 5.71. The SMILES string of the molecule is CC.COc1ccc(Oc2ccc(C)cn2)cc1. The maximum absolute atomic E-state index is 5.57. The predicted octanol–water partition coefficient (Wildman–Crippen LogP) is 4.22. The van der Waals surface area contributed by atoms with Gasteiger partial charge in [0.15, 0.2) is 0 Å². The zero-order chi connectivity index (χ0) is 13.4. The maximum atomic E-state index is 5.57. The molecule has 1 heterocycles. The molecule has 0 aliphatic heterocycles. The number of pyridine rings is 1. The molecule has 0 saturated heterocycles. The van der Waals surface area contributed by atoms with Gasteiger partial charge in [-0.25, -0.2) is 4.98 Å². The summed E-state index contributed by atoms with van der Waals surface area (Å²) in [6, 6.07) is 11.2. The van der Waals surface area contributed by atoms with Gasteiger partial charge in [-0.2, -0.15) is 0 Å². The number of benzene rings is 1. The summed E-state index contributed by atoms with van der Waals surface area (Å²) in [6.07, 6.45) is 1.78. The first-order valence-electron chi connectivity index (χ1n) is 6.02. The Morgan fingerprint density at radius 1 is 0.889 bits per heavy atom. The van der Waals surface area contributed by atoms with E-state index in [1.807, 2.05) is 57.2 Å². The summed E-state index contributed by atoms with van der Waals surface area (Å²) >= 11 is 0. The van der Waals surface area contributed by atoms with Crippen LogP contribution in [-0.2, 0) is 0 Å². The average molecular weight is 245 g/mol. The van der Waals surface area contributed by atoms with Gasteiger partial charge in [-0.3, -0.25) is 0 Å². The third-order valence-corrected chi connectivity index (χ3v) is 2.17. The standard InChI is InChI=1S/C13H13NO2.C2H6/c1-10-3-8-13(14-9-10)16-12-6-4-11(15-2)5-7-12;1-2/h3-9H,1-2H3;1-2H3. The first-order chi connectivity index (χ1) is 8.78. The van der Waals surface area contributed by atoms with Crippen LogP contribution in [0.25, 0.3) is 0 Å². The highest BCUT2D eigenvalue weighted by atomic mass is 16.5. The molecule has 0 N–H and O–H groups in total. The van der Waals surface area contributed by atoms with Crippen LogP contribution in [0.15, 0.2) is 42.6 Å². The van der Waals surface area contributed by atoms with Crippen LogP contribution in [0, 0.1) is 6.92 Å². The lowest BCUT2D eigenvalue weighted by Crippen LogP contribution is -1.88. The van der Waals surface area contributed by atoms with Crippen molar-refractivity contribution in [2.45, 2.75) is 20.8 Å². The van der Waals surface area contributed by atoms with Crippen LogP contribution in [0.5, 0.6) is 17.4 Å². The Balaban J connectivity index is 0.000000771. The van der Waals surface area contributed by atoms with E-state index in [1.54, 1.807) is 13.3 Å². The molecule has 3 heteroatoms. The first-order valence-corrected chi connectivity index (χ1v) is 6.02. The van der Waals surface area contributed by atoms with Crippen LogP contribution in [0.3, 0.4) is 0 Å². The van der Waals surface area contributed by atoms with Crippen molar-refractivity contribution in [3.63, 3.8) is 0 Å². The van der Waals surface area contributed by atoms with Crippen LogP contribution in [0.4, 0.5) is 0 Å². The van der Waals surface area contributed by atoms with Crippen LogP contribution in [0.1, 0.15) is 19.4 Å². The fourth-order valence-electron chi connectivity index (χ4n) is 1.28. The summed E-state index contributed by atoms with van der Waals surface area (Å²) in [7, 11) is 1.64. The number of aromatic nitrogens is 1. The van der Waals surface area contributed by atoms with Crippen molar-refractivity contribution in [1.82, 2.24) is 4.98 Å². The van der Waals surface area contributed by atoms with Gasteiger partial charge < -0.3 is 9.47 Å². The second-order valence-corrected chi connectivity index (χ2v) is 3.45. The molecular formula is C15H19NO2. The summed E-state index contributed by atoms with van der Waals surface area (Å²) < 4.78 is 10.6. The molecule has 0 spiro atoms. The Morgan fingerprint density at radius 3 is 2.00 bits per heavy atom. The molecule has 1 aromatic heterocycles. The van der Waals surface area contributed by atoms with E-state index in [0.29, 0.717) is 5.88 Å². The maximum Gasteiger partial charge on any atom is 0.219 e. The van der Waals surface area contributed by atoms with Gasteiger partial charge in [-0.15, -0.1) is 0 Å². The minimum Gasteiger partial charge on any atom is -0.497 e. The number of ether oxygens (including phenoxy) is 2. The monoisotopic (exact) mass is 245 g/mol. The number of hydrogen-bond acceptors (Lipinski definition) is 3. The molecule has 0 fully saturated rings. The third kappa shape index (κ3) is 4.09. The molecule has 0 saturated carbocycles. The molecule has 0 aliphatic carbocycles. The minimum absolute atomic E-state index is 0.593. The number of nitrogens with zero attached hydrogens (tertiary/aromatic N) is 1. The number of methoxy groups -OCH3 is 1. The number of rotatable bonds is 3. The van der Waals surface area contributed by atoms with Gasteiger partial charge in [0.1, 0.15) is 11.5 Å². The summed E-state index contributed by atoms with van der Waals surface area (Å²) in [5.74, 6) is 2.15. The van der Waals surface area contributed by atoms with Crippen molar-refractivity contribution in [1.29, 1.82) is 0 Å². The van der Waals surface area contributed by atoms with E-state index in [0.717, 1.165) is 17.1 Å². The highest BCUT2D eigenvalue weighted by molar-refractivity contribution is 5.33. The third-order valence-electron chi connectivity index (χ3n) is 2.17. The van der Waals surface area contributed by atoms with Crippen molar-refractivity contribution >= 4 is 0 Å². The fraction of sp³-hybridized carbons (Fsp3) is 0.267. The van der Waals surface area contributed by atoms with E-state index < -0.39 is 0 Å². The van der Waals surface area contributed by atoms with Crippen molar-refractivity contribution in [3.05, 3.63) is 48.2 Å². The van der Waals surface area contributed by atoms with Gasteiger partial charge in [0.05, 0.1) is 7.11 Å². The largest absolute Gasteiger partial charge is 0.497 e. The second-order valence-electron chi connectivity index (χ2n) is 3.45. The molecule has 0 atom stereocenters. The van der Waals surface area contributed by atoms with E-state index in [9.17, 15) is 0 Å². The zero-order valence-electron chi connectivity index (χ0n) is 11.3. The van der Waals surface area contributed by atoms with Crippen molar-refractivity contribution < 1.29 is 9.47 Å². The summed E-state index contributed by atoms with van der Waals surface area (Å²) in [5.41, 5.74) is 1.11. The second kappa shape index (κ2) is 7.33. The van der Waals surface area contributed by atoms with Crippen LogP contribution < -0.4 is 9.47 Å². The summed E-state index contributed by atoms with van der Waals surface area (Å²) in [4.78, 5) is 4.16. The van der Waals surface area contributed by atoms with Crippen LogP contribution in [-0.4, -0.2) is 12.1 Å². The highest BCUT2D eigenvalue weighted by Gasteiger charge is 1.98. The summed E-state index contributed by atoms with van der Waals surface area (Å²) in [6.45, 7) is 5.99. The minimum atomic E-state index is 0.593. The van der Waals surface area contributed by atoms with E-state index in [4.69, 9.17) is 9.47 Å². The van der Waals surface area contributed by atoms with Crippen molar-refractivity contribution in [3.8, 4) is 17.4 Å². The Bertz CT molecular complexity index is 449. The van der Waals surface area contributed by atoms with E-state index in [-0.39, 0.29) is 0 Å². The zero-order valence-corrected chi connectivity index (χ0v) is 11.3. The van der Waals surface area contributed by atoms with Gasteiger partial charge in [0.25, 0.3) is 0 Å². The van der Waals surface area contributed by atoms with Gasteiger partial charge in [0.2, 0.25) is 5.88 Å². The molecule has 0 unspecified atom stereocenters. The van der Waals surface area contributed by atoms with Crippen LogP contribution in [0.2, 0.25) is 0 Å². The average Bonchev–Trinajstić information content (AvgIpc) is 2.44. The van der Waals surface area contributed by atoms with E-state index in [1.165, 1.54) is 0 Å². The molecule has 0 bridgehead atoms. The highest BCUT2D eigenvalue weighted by Crippen LogP contribution is 2.22. The Labute approximate surface area is 108 Å². The topological polar surface area (TPSA) is 31.4 Å². The number of hydrogen-bond donors (Lipinski definition) is 0. The smallest absolute Gasteiger partial charge is 0.219 e. The van der Waals surface area contributed by atoms with Crippen molar-refractivity contribution in [2.75, 3.05) is 7.11 Å². The predicted molar refractivity (Wildman–Crippen MR) is 73.4 cm³/mol. The lowest BCUT2D eigenvalue weighted by molar-refractivity contribution is 0.412. The molecular weight excluding hydrogens is 226 g/mol. The van der Waals surface area contributed by atoms with E-state index in [2.05, 4.69) is 4.98 Å². The molecule has 1 aromatic carbocycles. The molecule has 0 amide bonds. The molecule has 18 heavy (non-hydrogen) atoms. The molecule has 0 aliphatic rings. The van der Waals surface area contributed by atoms with Gasteiger partial charge in [-0.05, 0) is 36.8 Å². The van der Waals surface area contributed by atoms with Crippen molar-refractivity contribution in [2.24, 2.45) is 0 Å². The lowest BCUT2D eigenvalue weighted by Gasteiger charge is -2.05. The molecule has 96 valence electrons. The van der Waals surface area contributed by atoms with Crippen LogP contribution >= 0.6 is 0 Å².